The molecule has 0 aliphatic heterocycles. The van der Waals surface area contributed by atoms with Gasteiger partial charge in [0.1, 0.15) is 12.1 Å². The van der Waals surface area contributed by atoms with Crippen LogP contribution < -0.4 is 11.2 Å². The summed E-state index contributed by atoms with van der Waals surface area (Å²) >= 11 is 6.31. The fraction of sp³-hybridized carbons (Fsp3) is 0.360. The second kappa shape index (κ2) is 9.46. The third-order valence-electron chi connectivity index (χ3n) is 5.16. The molecule has 0 unspecified atom stereocenters. The van der Waals surface area contributed by atoms with Crippen molar-refractivity contribution in [3.63, 3.8) is 0 Å². The van der Waals surface area contributed by atoms with Crippen molar-refractivity contribution in [2.75, 3.05) is 6.61 Å². The molecule has 0 radical (unpaired) electrons. The third kappa shape index (κ3) is 4.77. The van der Waals surface area contributed by atoms with Crippen LogP contribution in [0.2, 0.25) is 5.02 Å². The molecule has 1 heterocycles. The van der Waals surface area contributed by atoms with Crippen molar-refractivity contribution in [1.82, 2.24) is 9.13 Å². The summed E-state index contributed by atoms with van der Waals surface area (Å²) in [6.07, 6.45) is 0. The molecule has 34 heavy (non-hydrogen) atoms. The Morgan fingerprint density at radius 2 is 1.74 bits per heavy atom. The first-order valence-corrected chi connectivity index (χ1v) is 11.2. The number of aromatic nitrogens is 2. The van der Waals surface area contributed by atoms with Crippen molar-refractivity contribution in [3.05, 3.63) is 72.9 Å². The van der Waals surface area contributed by atoms with Crippen LogP contribution in [-0.2, 0) is 20.8 Å². The highest BCUT2D eigenvalue weighted by atomic mass is 35.5. The van der Waals surface area contributed by atoms with Crippen molar-refractivity contribution in [1.29, 1.82) is 0 Å². The van der Waals surface area contributed by atoms with E-state index in [4.69, 9.17) is 21.1 Å². The van der Waals surface area contributed by atoms with Gasteiger partial charge < -0.3 is 9.47 Å². The summed E-state index contributed by atoms with van der Waals surface area (Å²) in [5, 5.41) is 0.289. The van der Waals surface area contributed by atoms with Gasteiger partial charge in [-0.2, -0.15) is 0 Å². The van der Waals surface area contributed by atoms with Crippen LogP contribution in [0.3, 0.4) is 0 Å². The Kier molecular flexibility index (Phi) is 7.02. The summed E-state index contributed by atoms with van der Waals surface area (Å²) in [5.41, 5.74) is -0.705. The maximum Gasteiger partial charge on any atom is 0.338 e. The lowest BCUT2D eigenvalue weighted by atomic mass is 9.98. The molecule has 0 saturated carbocycles. The van der Waals surface area contributed by atoms with Gasteiger partial charge in [0.2, 0.25) is 0 Å². The number of nitrogens with zero attached hydrogens (tertiary/aromatic N) is 2. The molecule has 3 aromatic rings. The van der Waals surface area contributed by atoms with Crippen LogP contribution in [-0.4, -0.2) is 33.3 Å². The standard InChI is InChI=1S/C25H27ClN2O6/c1-7-33-23(31)20-14(2)12-18-21(15(20)3)22(30)28(17-11-9-8-10-16(17)26)24(32)27(18)13-19(29)34-25(4,5)6/h8-12H,7,13H2,1-6H3. The minimum absolute atomic E-state index is 0.108. The average Bonchev–Trinajstić information content (AvgIpc) is 2.71. The van der Waals surface area contributed by atoms with Gasteiger partial charge in [-0.05, 0) is 70.9 Å². The minimum atomic E-state index is -0.767. The van der Waals surface area contributed by atoms with E-state index in [1.54, 1.807) is 65.8 Å². The third-order valence-corrected chi connectivity index (χ3v) is 5.48. The highest BCUT2D eigenvalue weighted by Gasteiger charge is 2.25. The maximum atomic E-state index is 13.7. The minimum Gasteiger partial charge on any atom is -0.462 e. The molecule has 0 fully saturated rings. The second-order valence-electron chi connectivity index (χ2n) is 8.86. The van der Waals surface area contributed by atoms with Crippen molar-refractivity contribution < 1.29 is 19.1 Å². The van der Waals surface area contributed by atoms with Gasteiger partial charge in [-0.25, -0.2) is 14.2 Å². The van der Waals surface area contributed by atoms with E-state index in [1.807, 2.05) is 0 Å². The molecule has 8 nitrogen and oxygen atoms in total. The van der Waals surface area contributed by atoms with E-state index in [1.165, 1.54) is 10.6 Å². The summed E-state index contributed by atoms with van der Waals surface area (Å²) in [6.45, 7) is 9.87. The molecule has 9 heteroatoms. The Morgan fingerprint density at radius 3 is 2.32 bits per heavy atom. The number of rotatable bonds is 5. The molecule has 0 saturated heterocycles. The number of benzene rings is 2. The van der Waals surface area contributed by atoms with Crippen LogP contribution in [0.25, 0.3) is 16.6 Å². The predicted octanol–water partition coefficient (Wildman–Crippen LogP) is 3.94. The summed E-state index contributed by atoms with van der Waals surface area (Å²) in [7, 11) is 0. The number of ether oxygens (including phenoxy) is 2. The van der Waals surface area contributed by atoms with Crippen molar-refractivity contribution in [2.45, 2.75) is 53.7 Å². The SMILES string of the molecule is CCOC(=O)c1c(C)cc2c(c1C)c(=O)n(-c1ccccc1Cl)c(=O)n2CC(=O)OC(C)(C)C. The van der Waals surface area contributed by atoms with Gasteiger partial charge in [0.25, 0.3) is 5.56 Å². The Labute approximate surface area is 201 Å². The van der Waals surface area contributed by atoms with E-state index in [2.05, 4.69) is 0 Å². The fourth-order valence-corrected chi connectivity index (χ4v) is 4.11. The molecule has 0 bridgehead atoms. The van der Waals surface area contributed by atoms with E-state index in [9.17, 15) is 19.2 Å². The van der Waals surface area contributed by atoms with E-state index < -0.39 is 35.3 Å². The number of esters is 2. The van der Waals surface area contributed by atoms with Gasteiger partial charge in [0, 0.05) is 0 Å². The lowest BCUT2D eigenvalue weighted by Crippen LogP contribution is -2.41. The van der Waals surface area contributed by atoms with Crippen molar-refractivity contribution in [2.24, 2.45) is 0 Å². The molecule has 0 aliphatic rings. The van der Waals surface area contributed by atoms with Gasteiger partial charge in [0.15, 0.2) is 0 Å². The average molecular weight is 487 g/mol. The number of hydrogen-bond acceptors (Lipinski definition) is 6. The Bertz CT molecular complexity index is 1410. The smallest absolute Gasteiger partial charge is 0.338 e. The number of para-hydroxylation sites is 1. The van der Waals surface area contributed by atoms with Crippen molar-refractivity contribution in [3.8, 4) is 5.69 Å². The van der Waals surface area contributed by atoms with E-state index in [0.29, 0.717) is 11.1 Å². The molecular formula is C25H27ClN2O6. The monoisotopic (exact) mass is 486 g/mol. The zero-order valence-electron chi connectivity index (χ0n) is 20.0. The zero-order valence-corrected chi connectivity index (χ0v) is 20.8. The van der Waals surface area contributed by atoms with Crippen LogP contribution in [0.4, 0.5) is 0 Å². The lowest BCUT2D eigenvalue weighted by Gasteiger charge is -2.21. The summed E-state index contributed by atoms with van der Waals surface area (Å²) < 4.78 is 12.7. The number of carbonyl (C=O) groups is 2. The molecule has 3 rings (SSSR count). The summed E-state index contributed by atoms with van der Waals surface area (Å²) in [5.74, 6) is -1.22. The first-order valence-electron chi connectivity index (χ1n) is 10.8. The number of aryl methyl sites for hydroxylation is 2. The summed E-state index contributed by atoms with van der Waals surface area (Å²) in [4.78, 5) is 52.6. The molecule has 0 N–H and O–H groups in total. The van der Waals surface area contributed by atoms with Crippen LogP contribution in [0.15, 0.2) is 39.9 Å². The van der Waals surface area contributed by atoms with Crippen LogP contribution >= 0.6 is 11.6 Å². The Hall–Kier alpha value is -3.39. The molecule has 0 atom stereocenters. The van der Waals surface area contributed by atoms with E-state index in [0.717, 1.165) is 4.57 Å². The van der Waals surface area contributed by atoms with E-state index in [-0.39, 0.29) is 33.8 Å². The Morgan fingerprint density at radius 1 is 1.09 bits per heavy atom. The van der Waals surface area contributed by atoms with Gasteiger partial charge in [-0.1, -0.05) is 23.7 Å². The highest BCUT2D eigenvalue weighted by Crippen LogP contribution is 2.25. The van der Waals surface area contributed by atoms with E-state index >= 15 is 0 Å². The van der Waals surface area contributed by atoms with Gasteiger partial charge >= 0.3 is 17.6 Å². The quantitative estimate of drug-likeness (QED) is 0.507. The molecule has 2 aromatic carbocycles. The largest absolute Gasteiger partial charge is 0.462 e. The molecule has 0 spiro atoms. The number of fused-ring (bicyclic) bond motifs is 1. The number of hydrogen-bond donors (Lipinski definition) is 0. The molecule has 1 aromatic heterocycles. The number of carbonyl (C=O) groups excluding carboxylic acids is 2. The highest BCUT2D eigenvalue weighted by molar-refractivity contribution is 6.32. The van der Waals surface area contributed by atoms with Crippen LogP contribution in [0, 0.1) is 13.8 Å². The Balaban J connectivity index is 2.45. The lowest BCUT2D eigenvalue weighted by molar-refractivity contribution is -0.155. The number of halogens is 1. The first kappa shape index (κ1) is 25.2. The first-order chi connectivity index (χ1) is 15.9. The molecular weight excluding hydrogens is 460 g/mol. The normalized spacial score (nSPS) is 11.5. The fourth-order valence-electron chi connectivity index (χ4n) is 3.89. The topological polar surface area (TPSA) is 96.6 Å². The summed E-state index contributed by atoms with van der Waals surface area (Å²) in [6, 6.07) is 7.94. The second-order valence-corrected chi connectivity index (χ2v) is 9.26. The van der Waals surface area contributed by atoms with Gasteiger partial charge in [0.05, 0.1) is 33.8 Å². The van der Waals surface area contributed by atoms with Crippen molar-refractivity contribution >= 4 is 34.4 Å². The molecule has 180 valence electrons. The predicted molar refractivity (Wildman–Crippen MR) is 130 cm³/mol. The van der Waals surface area contributed by atoms with Crippen LogP contribution in [0.1, 0.15) is 49.2 Å². The maximum absolute atomic E-state index is 13.7. The van der Waals surface area contributed by atoms with Crippen LogP contribution in [0.5, 0.6) is 0 Å². The van der Waals surface area contributed by atoms with Gasteiger partial charge in [-0.3, -0.25) is 14.2 Å². The molecule has 0 amide bonds. The molecule has 0 aliphatic carbocycles. The van der Waals surface area contributed by atoms with Gasteiger partial charge in [-0.15, -0.1) is 0 Å². The zero-order chi connectivity index (χ0) is 25.4.